The van der Waals surface area contributed by atoms with Crippen molar-refractivity contribution >= 4 is 22.8 Å². The largest absolute Gasteiger partial charge is 0.496 e. The van der Waals surface area contributed by atoms with Gasteiger partial charge in [-0.2, -0.15) is 4.98 Å². The van der Waals surface area contributed by atoms with Crippen molar-refractivity contribution in [2.45, 2.75) is 13.8 Å². The lowest BCUT2D eigenvalue weighted by molar-refractivity contribution is 0.412. The van der Waals surface area contributed by atoms with E-state index in [1.165, 1.54) is 0 Å². The highest BCUT2D eigenvalue weighted by Gasteiger charge is 2.17. The summed E-state index contributed by atoms with van der Waals surface area (Å²) in [7, 11) is 3.35. The third kappa shape index (κ3) is 3.31. The van der Waals surface area contributed by atoms with Crippen LogP contribution in [0.3, 0.4) is 0 Å². The highest BCUT2D eigenvalue weighted by molar-refractivity contribution is 5.84. The van der Waals surface area contributed by atoms with Crippen molar-refractivity contribution in [1.82, 2.24) is 19.5 Å². The maximum atomic E-state index is 13.2. The van der Waals surface area contributed by atoms with Crippen LogP contribution in [0, 0.1) is 13.8 Å². The number of nitrogens with zero attached hydrogens (tertiary/aromatic N) is 4. The fourth-order valence-electron chi connectivity index (χ4n) is 3.50. The van der Waals surface area contributed by atoms with Gasteiger partial charge in [0, 0.05) is 30.4 Å². The summed E-state index contributed by atoms with van der Waals surface area (Å²) in [6.07, 6.45) is 3.39. The van der Waals surface area contributed by atoms with Gasteiger partial charge in [0.15, 0.2) is 0 Å². The minimum absolute atomic E-state index is 0.126. The standard InChI is InChI=1S/C22H21N5O2/c1-13-8-9-17(29-4)14(2)19(13)16-11-15-12-24-22(25-18-7-5-6-10-23-18)26-20(15)27(3)21(16)28/h5-12H,1-4H3,(H,23,24,25,26). The molecule has 0 radical (unpaired) electrons. The predicted octanol–water partition coefficient (Wildman–Crippen LogP) is 3.76. The van der Waals surface area contributed by atoms with E-state index < -0.39 is 0 Å². The molecule has 4 aromatic rings. The first-order chi connectivity index (χ1) is 14.0. The molecular formula is C22H21N5O2. The molecule has 0 aliphatic rings. The van der Waals surface area contributed by atoms with Crippen molar-refractivity contribution in [3.8, 4) is 16.9 Å². The Balaban J connectivity index is 1.87. The second-order valence-corrected chi connectivity index (χ2v) is 6.82. The Morgan fingerprint density at radius 2 is 1.93 bits per heavy atom. The Morgan fingerprint density at radius 1 is 1.10 bits per heavy atom. The molecule has 29 heavy (non-hydrogen) atoms. The smallest absolute Gasteiger partial charge is 0.259 e. The first-order valence-corrected chi connectivity index (χ1v) is 9.19. The number of pyridine rings is 2. The van der Waals surface area contributed by atoms with E-state index in [2.05, 4.69) is 20.3 Å². The molecule has 4 rings (SSSR count). The number of methoxy groups -OCH3 is 1. The summed E-state index contributed by atoms with van der Waals surface area (Å²) in [6.45, 7) is 3.95. The molecule has 7 nitrogen and oxygen atoms in total. The van der Waals surface area contributed by atoms with Crippen LogP contribution in [-0.4, -0.2) is 26.6 Å². The van der Waals surface area contributed by atoms with Gasteiger partial charge in [0.1, 0.15) is 17.2 Å². The number of benzene rings is 1. The van der Waals surface area contributed by atoms with Crippen LogP contribution >= 0.6 is 0 Å². The summed E-state index contributed by atoms with van der Waals surface area (Å²) >= 11 is 0. The van der Waals surface area contributed by atoms with E-state index in [9.17, 15) is 4.79 Å². The van der Waals surface area contributed by atoms with Crippen LogP contribution < -0.4 is 15.6 Å². The van der Waals surface area contributed by atoms with Gasteiger partial charge < -0.3 is 10.1 Å². The lowest BCUT2D eigenvalue weighted by Crippen LogP contribution is -2.21. The maximum Gasteiger partial charge on any atom is 0.259 e. The lowest BCUT2D eigenvalue weighted by atomic mass is 9.95. The van der Waals surface area contributed by atoms with Gasteiger partial charge in [0.05, 0.1) is 7.11 Å². The third-order valence-electron chi connectivity index (χ3n) is 4.97. The molecule has 0 amide bonds. The first-order valence-electron chi connectivity index (χ1n) is 9.19. The Hall–Kier alpha value is -3.74. The Kier molecular flexibility index (Phi) is 4.72. The van der Waals surface area contributed by atoms with Crippen molar-refractivity contribution in [3.63, 3.8) is 0 Å². The summed E-state index contributed by atoms with van der Waals surface area (Å²) in [5.41, 5.74) is 3.84. The number of hydrogen-bond acceptors (Lipinski definition) is 6. The molecule has 0 bridgehead atoms. The first kappa shape index (κ1) is 18.6. The van der Waals surface area contributed by atoms with Gasteiger partial charge in [-0.1, -0.05) is 12.1 Å². The summed E-state index contributed by atoms with van der Waals surface area (Å²) in [6, 6.07) is 11.2. The number of rotatable bonds is 4. The van der Waals surface area contributed by atoms with E-state index in [0.29, 0.717) is 23.0 Å². The molecule has 0 unspecified atom stereocenters. The van der Waals surface area contributed by atoms with E-state index in [0.717, 1.165) is 27.8 Å². The van der Waals surface area contributed by atoms with Gasteiger partial charge in [-0.3, -0.25) is 9.36 Å². The molecule has 0 aliphatic heterocycles. The summed E-state index contributed by atoms with van der Waals surface area (Å²) in [5, 5.41) is 3.83. The van der Waals surface area contributed by atoms with Crippen molar-refractivity contribution in [2.24, 2.45) is 7.05 Å². The van der Waals surface area contributed by atoms with Gasteiger partial charge in [-0.15, -0.1) is 0 Å². The number of anilines is 2. The van der Waals surface area contributed by atoms with Crippen molar-refractivity contribution in [2.75, 3.05) is 12.4 Å². The molecule has 1 aromatic carbocycles. The van der Waals surface area contributed by atoms with Crippen LogP contribution in [0.15, 0.2) is 53.6 Å². The maximum absolute atomic E-state index is 13.2. The number of hydrogen-bond donors (Lipinski definition) is 1. The molecular weight excluding hydrogens is 366 g/mol. The topological polar surface area (TPSA) is 81.9 Å². The highest BCUT2D eigenvalue weighted by Crippen LogP contribution is 2.32. The molecule has 0 saturated carbocycles. The van der Waals surface area contributed by atoms with E-state index in [4.69, 9.17) is 4.74 Å². The molecule has 0 saturated heterocycles. The van der Waals surface area contributed by atoms with Crippen LogP contribution in [0.1, 0.15) is 11.1 Å². The van der Waals surface area contributed by atoms with Crippen LogP contribution in [0.4, 0.5) is 11.8 Å². The molecule has 3 heterocycles. The quantitative estimate of drug-likeness (QED) is 0.574. The second kappa shape index (κ2) is 7.35. The Bertz CT molecular complexity index is 1270. The van der Waals surface area contributed by atoms with Crippen molar-refractivity contribution in [3.05, 3.63) is 70.3 Å². The molecule has 0 spiro atoms. The average molecular weight is 387 g/mol. The fourth-order valence-corrected chi connectivity index (χ4v) is 3.50. The minimum atomic E-state index is -0.126. The molecule has 7 heteroatoms. The van der Waals surface area contributed by atoms with Crippen molar-refractivity contribution < 1.29 is 4.74 Å². The third-order valence-corrected chi connectivity index (χ3v) is 4.97. The van der Waals surface area contributed by atoms with E-state index in [1.807, 2.05) is 50.2 Å². The van der Waals surface area contributed by atoms with Gasteiger partial charge in [-0.05, 0) is 54.8 Å². The summed E-state index contributed by atoms with van der Waals surface area (Å²) in [4.78, 5) is 26.3. The van der Waals surface area contributed by atoms with Crippen LogP contribution in [0.25, 0.3) is 22.2 Å². The van der Waals surface area contributed by atoms with Gasteiger partial charge in [0.2, 0.25) is 5.95 Å². The zero-order valence-electron chi connectivity index (χ0n) is 16.7. The number of aryl methyl sites for hydroxylation is 2. The predicted molar refractivity (Wildman–Crippen MR) is 114 cm³/mol. The second-order valence-electron chi connectivity index (χ2n) is 6.82. The molecule has 1 N–H and O–H groups in total. The van der Waals surface area contributed by atoms with Crippen LogP contribution in [0.5, 0.6) is 5.75 Å². The molecule has 146 valence electrons. The highest BCUT2D eigenvalue weighted by atomic mass is 16.5. The lowest BCUT2D eigenvalue weighted by Gasteiger charge is -2.15. The van der Waals surface area contributed by atoms with E-state index in [-0.39, 0.29) is 5.56 Å². The zero-order valence-corrected chi connectivity index (χ0v) is 16.7. The molecule has 0 atom stereocenters. The Labute approximate surface area is 168 Å². The zero-order chi connectivity index (χ0) is 20.5. The SMILES string of the molecule is COc1ccc(C)c(-c2cc3cnc(Nc4ccccn4)nc3n(C)c2=O)c1C. The number of ether oxygens (including phenoxy) is 1. The fraction of sp³-hybridized carbons (Fsp3) is 0.182. The normalized spacial score (nSPS) is 10.9. The van der Waals surface area contributed by atoms with E-state index in [1.54, 1.807) is 31.1 Å². The number of fused-ring (bicyclic) bond motifs is 1. The molecule has 0 fully saturated rings. The van der Waals surface area contributed by atoms with Gasteiger partial charge in [0.25, 0.3) is 5.56 Å². The monoisotopic (exact) mass is 387 g/mol. The van der Waals surface area contributed by atoms with Gasteiger partial charge in [-0.25, -0.2) is 9.97 Å². The minimum Gasteiger partial charge on any atom is -0.496 e. The van der Waals surface area contributed by atoms with Gasteiger partial charge >= 0.3 is 0 Å². The molecule has 3 aromatic heterocycles. The van der Waals surface area contributed by atoms with Crippen molar-refractivity contribution in [1.29, 1.82) is 0 Å². The Morgan fingerprint density at radius 3 is 2.66 bits per heavy atom. The van der Waals surface area contributed by atoms with E-state index >= 15 is 0 Å². The van der Waals surface area contributed by atoms with Crippen LogP contribution in [-0.2, 0) is 7.05 Å². The summed E-state index contributed by atoms with van der Waals surface area (Å²) in [5.74, 6) is 1.77. The number of aromatic nitrogens is 4. The molecule has 0 aliphatic carbocycles. The van der Waals surface area contributed by atoms with Crippen LogP contribution in [0.2, 0.25) is 0 Å². The number of nitrogens with one attached hydrogen (secondary N) is 1. The summed E-state index contributed by atoms with van der Waals surface area (Å²) < 4.78 is 6.99. The average Bonchev–Trinajstić information content (AvgIpc) is 2.73.